The van der Waals surface area contributed by atoms with E-state index >= 15 is 0 Å². The molecule has 0 aromatic heterocycles. The maximum atomic E-state index is 9.99. The zero-order valence-corrected chi connectivity index (χ0v) is 10.6. The van der Waals surface area contributed by atoms with Crippen LogP contribution in [-0.4, -0.2) is 57.7 Å². The largest absolute Gasteiger partial charge is 0.394 e. The smallest absolute Gasteiger partial charge is 0.188 e. The summed E-state index contributed by atoms with van der Waals surface area (Å²) in [6.45, 7) is -0.781. The van der Waals surface area contributed by atoms with Crippen LogP contribution in [0.4, 0.5) is 0 Å². The summed E-state index contributed by atoms with van der Waals surface area (Å²) < 4.78 is 56.8. The molecular formula is C14H17NO6. The molecule has 21 heavy (non-hydrogen) atoms. The quantitative estimate of drug-likeness (QED) is 0.566. The van der Waals surface area contributed by atoms with Gasteiger partial charge in [-0.1, -0.05) is 30.2 Å². The second kappa shape index (κ2) is 6.95. The van der Waals surface area contributed by atoms with E-state index in [1.807, 2.05) is 0 Å². The van der Waals surface area contributed by atoms with Crippen LogP contribution in [0.1, 0.15) is 19.9 Å². The number of aliphatic hydroxyl groups excluding tert-OH is 4. The Morgan fingerprint density at radius 2 is 1.95 bits per heavy atom. The van der Waals surface area contributed by atoms with Gasteiger partial charge in [-0.3, -0.25) is 0 Å². The third-order valence-electron chi connectivity index (χ3n) is 2.91. The zero-order chi connectivity index (χ0) is 20.7. The minimum absolute atomic E-state index is 0.734. The highest BCUT2D eigenvalue weighted by Gasteiger charge is 2.44. The van der Waals surface area contributed by atoms with E-state index < -0.39 is 79.2 Å². The number of nitriles is 1. The average Bonchev–Trinajstić information content (AvgIpc) is 2.65. The Kier molecular flexibility index (Phi) is 3.14. The van der Waals surface area contributed by atoms with Crippen molar-refractivity contribution in [3.8, 4) is 6.07 Å². The van der Waals surface area contributed by atoms with Crippen LogP contribution in [0, 0.1) is 11.3 Å². The van der Waals surface area contributed by atoms with Crippen LogP contribution in [0.15, 0.2) is 30.2 Å². The molecule has 1 saturated heterocycles. The fourth-order valence-corrected chi connectivity index (χ4v) is 1.79. The third kappa shape index (κ3) is 3.39. The number of rotatable bonds is 4. The average molecular weight is 301 g/mol. The molecule has 1 aliphatic rings. The molecule has 0 amide bonds. The van der Waals surface area contributed by atoms with Crippen LogP contribution in [0.2, 0.25) is 0 Å². The Morgan fingerprint density at radius 1 is 1.29 bits per heavy atom. The Balaban J connectivity index is 2.49. The molecule has 0 spiro atoms. The first-order valence-corrected chi connectivity index (χ1v) is 5.97. The summed E-state index contributed by atoms with van der Waals surface area (Å²) in [6, 6.07) is -2.69. The lowest BCUT2D eigenvalue weighted by atomic mass is 9.99. The van der Waals surface area contributed by atoms with Crippen LogP contribution in [0.5, 0.6) is 0 Å². The van der Waals surface area contributed by atoms with Crippen molar-refractivity contribution in [1.29, 1.82) is 5.26 Å². The first-order chi connectivity index (χ1) is 12.5. The predicted octanol–water partition coefficient (Wildman–Crippen LogP) is -0.932. The van der Waals surface area contributed by atoms with Crippen molar-refractivity contribution < 1.29 is 38.1 Å². The van der Waals surface area contributed by atoms with Gasteiger partial charge in [-0.2, -0.15) is 5.26 Å². The van der Waals surface area contributed by atoms with E-state index in [0.29, 0.717) is 0 Å². The molecule has 1 heterocycles. The topological polar surface area (TPSA) is 123 Å². The first kappa shape index (κ1) is 9.48. The van der Waals surface area contributed by atoms with E-state index in [0.717, 1.165) is 0 Å². The van der Waals surface area contributed by atoms with Crippen LogP contribution >= 0.6 is 0 Å². The van der Waals surface area contributed by atoms with Gasteiger partial charge in [0.2, 0.25) is 0 Å². The fourth-order valence-electron chi connectivity index (χ4n) is 1.79. The molecule has 7 nitrogen and oxygen atoms in total. The van der Waals surface area contributed by atoms with Gasteiger partial charge >= 0.3 is 0 Å². The van der Waals surface area contributed by atoms with Crippen molar-refractivity contribution in [3.05, 3.63) is 35.8 Å². The lowest BCUT2D eigenvalue weighted by molar-refractivity contribution is -0.307. The van der Waals surface area contributed by atoms with E-state index in [9.17, 15) is 25.7 Å². The van der Waals surface area contributed by atoms with Crippen LogP contribution < -0.4 is 0 Å². The summed E-state index contributed by atoms with van der Waals surface area (Å²) in [5.41, 5.74) is -0.812. The predicted molar refractivity (Wildman–Crippen MR) is 69.6 cm³/mol. The standard InChI is InChI=1S/C14H17NO6/c15-6-9(8-4-2-1-3-5-8)20-14-13(19)12(18)11(17)10(7-16)21-14/h1-5,9-14,16-19H,7H2/t9-,10+,11+,12-,13-,14+/m0/s1/i1D,2D,3D,4D,5D,9D. The summed E-state index contributed by atoms with van der Waals surface area (Å²) in [5.74, 6) is 0. The molecule has 0 saturated carbocycles. The van der Waals surface area contributed by atoms with Gasteiger partial charge < -0.3 is 29.9 Å². The maximum absolute atomic E-state index is 9.99. The number of benzene rings is 1. The molecule has 0 radical (unpaired) electrons. The Hall–Kier alpha value is -1.53. The van der Waals surface area contributed by atoms with Crippen molar-refractivity contribution in [1.82, 2.24) is 0 Å². The van der Waals surface area contributed by atoms with E-state index in [4.69, 9.17) is 17.7 Å². The molecular weight excluding hydrogens is 278 g/mol. The van der Waals surface area contributed by atoms with Gasteiger partial charge in [-0.05, 0) is 5.56 Å². The highest BCUT2D eigenvalue weighted by atomic mass is 16.7. The van der Waals surface area contributed by atoms with E-state index in [1.165, 1.54) is 6.07 Å². The van der Waals surface area contributed by atoms with Gasteiger partial charge in [-0.15, -0.1) is 0 Å². The van der Waals surface area contributed by atoms with Crippen molar-refractivity contribution in [3.63, 3.8) is 0 Å². The van der Waals surface area contributed by atoms with E-state index in [1.54, 1.807) is 0 Å². The fraction of sp³-hybridized carbons (Fsp3) is 0.500. The van der Waals surface area contributed by atoms with Crippen molar-refractivity contribution in [2.75, 3.05) is 6.61 Å². The van der Waals surface area contributed by atoms with E-state index in [2.05, 4.69) is 0 Å². The number of ether oxygens (including phenoxy) is 2. The molecule has 1 fully saturated rings. The molecule has 6 atom stereocenters. The summed E-state index contributed by atoms with van der Waals surface area (Å²) in [7, 11) is 0. The molecule has 0 unspecified atom stereocenters. The van der Waals surface area contributed by atoms with Gasteiger partial charge in [0.05, 0.1) is 20.9 Å². The Bertz CT molecular complexity index is 744. The molecule has 1 aliphatic heterocycles. The van der Waals surface area contributed by atoms with Crippen molar-refractivity contribution in [2.24, 2.45) is 0 Å². The summed E-state index contributed by atoms with van der Waals surface area (Å²) in [6.07, 6.45) is -11.7. The van der Waals surface area contributed by atoms with E-state index in [-0.39, 0.29) is 0 Å². The minimum atomic E-state index is -2.92. The van der Waals surface area contributed by atoms with Gasteiger partial charge in [0.1, 0.15) is 24.4 Å². The molecule has 7 heteroatoms. The Morgan fingerprint density at radius 3 is 2.52 bits per heavy atom. The second-order valence-corrected chi connectivity index (χ2v) is 4.26. The molecule has 1 aromatic carbocycles. The first-order valence-electron chi connectivity index (χ1n) is 8.97. The molecule has 4 N–H and O–H groups in total. The molecule has 0 bridgehead atoms. The lowest BCUT2D eigenvalue weighted by Gasteiger charge is -2.40. The number of nitrogens with zero attached hydrogens (tertiary/aromatic N) is 1. The number of hydrogen-bond donors (Lipinski definition) is 4. The summed E-state index contributed by atoms with van der Waals surface area (Å²) in [4.78, 5) is 0. The highest BCUT2D eigenvalue weighted by molar-refractivity contribution is 5.22. The van der Waals surface area contributed by atoms with Crippen LogP contribution in [0.3, 0.4) is 0 Å². The van der Waals surface area contributed by atoms with Gasteiger partial charge in [0.25, 0.3) is 0 Å². The number of hydrogen-bond acceptors (Lipinski definition) is 7. The van der Waals surface area contributed by atoms with Crippen LogP contribution in [0.25, 0.3) is 0 Å². The second-order valence-electron chi connectivity index (χ2n) is 4.26. The zero-order valence-electron chi connectivity index (χ0n) is 16.6. The van der Waals surface area contributed by atoms with Crippen molar-refractivity contribution in [2.45, 2.75) is 36.8 Å². The summed E-state index contributed by atoms with van der Waals surface area (Å²) in [5, 5.41) is 48.1. The molecule has 114 valence electrons. The third-order valence-corrected chi connectivity index (χ3v) is 2.91. The minimum Gasteiger partial charge on any atom is -0.394 e. The SMILES string of the molecule is [2H]c1c([2H])c([2H])c([C@]([2H])(C#N)O[C@@H]2O[C@H](CO)[C@@H](O)[C@H](O)[C@@H]2O)c([2H])c1[2H]. The molecule has 0 aliphatic carbocycles. The lowest BCUT2D eigenvalue weighted by Crippen LogP contribution is -2.59. The van der Waals surface area contributed by atoms with Gasteiger partial charge in [0, 0.05) is 0 Å². The Labute approximate surface area is 130 Å². The molecule has 1 aromatic rings. The maximum Gasteiger partial charge on any atom is 0.188 e. The van der Waals surface area contributed by atoms with Crippen molar-refractivity contribution >= 4 is 0 Å². The monoisotopic (exact) mass is 301 g/mol. The van der Waals surface area contributed by atoms with Gasteiger partial charge in [-0.25, -0.2) is 0 Å². The van der Waals surface area contributed by atoms with Gasteiger partial charge in [0.15, 0.2) is 12.4 Å². The normalized spacial score (nSPS) is 39.7. The number of aliphatic hydroxyl groups is 4. The highest BCUT2D eigenvalue weighted by Crippen LogP contribution is 2.27. The van der Waals surface area contributed by atoms with Crippen LogP contribution in [-0.2, 0) is 9.47 Å². The molecule has 2 rings (SSSR count). The summed E-state index contributed by atoms with van der Waals surface area (Å²) >= 11 is 0.